The Morgan fingerprint density at radius 2 is 2.15 bits per heavy atom. The van der Waals surface area contributed by atoms with Gasteiger partial charge in [-0.15, -0.1) is 0 Å². The Balaban J connectivity index is 2.00. The van der Waals surface area contributed by atoms with E-state index >= 15 is 0 Å². The third-order valence-corrected chi connectivity index (χ3v) is 2.89. The molecule has 0 saturated carbocycles. The topological polar surface area (TPSA) is 88.2 Å². The van der Waals surface area contributed by atoms with Crippen LogP contribution in [0, 0.1) is 0 Å². The van der Waals surface area contributed by atoms with Crippen LogP contribution in [-0.2, 0) is 6.54 Å². The maximum Gasteiger partial charge on any atom is 0.354 e. The third kappa shape index (κ3) is 2.31. The van der Waals surface area contributed by atoms with Gasteiger partial charge in [-0.25, -0.2) is 9.78 Å². The van der Waals surface area contributed by atoms with Gasteiger partial charge in [-0.2, -0.15) is 0 Å². The molecule has 0 fully saturated rings. The molecule has 3 aromatic rings. The molecule has 1 aromatic carbocycles. The fraction of sp³-hybridized carbons (Fsp3) is 0.0714. The molecule has 0 atom stereocenters. The van der Waals surface area contributed by atoms with E-state index in [2.05, 4.69) is 15.5 Å². The summed E-state index contributed by atoms with van der Waals surface area (Å²) in [5.41, 5.74) is 2.08. The fourth-order valence-electron chi connectivity index (χ4n) is 1.95. The maximum absolute atomic E-state index is 11.1. The van der Waals surface area contributed by atoms with E-state index in [0.29, 0.717) is 17.7 Å². The molecule has 3 rings (SSSR count). The number of fused-ring (bicyclic) bond motifs is 1. The van der Waals surface area contributed by atoms with E-state index in [0.717, 1.165) is 11.1 Å². The van der Waals surface area contributed by atoms with Crippen LogP contribution >= 0.6 is 0 Å². The Morgan fingerprint density at radius 1 is 1.30 bits per heavy atom. The monoisotopic (exact) mass is 269 g/mol. The zero-order valence-electron chi connectivity index (χ0n) is 10.4. The van der Waals surface area contributed by atoms with Crippen molar-refractivity contribution in [2.24, 2.45) is 0 Å². The molecule has 0 bridgehead atoms. The van der Waals surface area contributed by atoms with Crippen LogP contribution in [-0.4, -0.2) is 21.2 Å². The van der Waals surface area contributed by atoms with Crippen molar-refractivity contribution in [3.63, 3.8) is 0 Å². The van der Waals surface area contributed by atoms with Crippen LogP contribution in [0.25, 0.3) is 10.9 Å². The van der Waals surface area contributed by atoms with Gasteiger partial charge in [-0.1, -0.05) is 23.4 Å². The summed E-state index contributed by atoms with van der Waals surface area (Å²) in [6, 6.07) is 10.6. The first kappa shape index (κ1) is 12.2. The summed E-state index contributed by atoms with van der Waals surface area (Å²) < 4.78 is 4.76. The quantitative estimate of drug-likeness (QED) is 0.756. The molecule has 20 heavy (non-hydrogen) atoms. The van der Waals surface area contributed by atoms with Gasteiger partial charge in [0.2, 0.25) is 0 Å². The predicted octanol–water partition coefficient (Wildman–Crippen LogP) is 2.53. The first-order valence-corrected chi connectivity index (χ1v) is 6.00. The molecule has 100 valence electrons. The molecule has 2 aromatic heterocycles. The number of rotatable bonds is 4. The van der Waals surface area contributed by atoms with E-state index < -0.39 is 5.97 Å². The zero-order chi connectivity index (χ0) is 13.9. The number of pyridine rings is 1. The normalized spacial score (nSPS) is 10.6. The number of carbonyl (C=O) groups is 1. The van der Waals surface area contributed by atoms with Crippen molar-refractivity contribution in [2.75, 3.05) is 5.32 Å². The smallest absolute Gasteiger partial charge is 0.354 e. The van der Waals surface area contributed by atoms with Crippen LogP contribution in [0.1, 0.15) is 16.2 Å². The summed E-state index contributed by atoms with van der Waals surface area (Å²) in [6.07, 6.45) is 1.49. The van der Waals surface area contributed by atoms with Crippen LogP contribution in [0.3, 0.4) is 0 Å². The molecule has 0 radical (unpaired) electrons. The zero-order valence-corrected chi connectivity index (χ0v) is 10.4. The Hall–Kier alpha value is -2.89. The minimum absolute atomic E-state index is 0.00588. The number of nitrogens with zero attached hydrogens (tertiary/aromatic N) is 2. The Morgan fingerprint density at radius 3 is 2.90 bits per heavy atom. The van der Waals surface area contributed by atoms with Crippen molar-refractivity contribution in [1.29, 1.82) is 0 Å². The highest BCUT2D eigenvalue weighted by Crippen LogP contribution is 2.23. The van der Waals surface area contributed by atoms with Gasteiger partial charge in [0.15, 0.2) is 5.69 Å². The van der Waals surface area contributed by atoms with Crippen LogP contribution in [0.4, 0.5) is 5.69 Å². The lowest BCUT2D eigenvalue weighted by Gasteiger charge is -2.09. The molecule has 0 aliphatic carbocycles. The summed E-state index contributed by atoms with van der Waals surface area (Å²) in [6.45, 7) is 0.448. The molecule has 6 nitrogen and oxygen atoms in total. The molecular weight excluding hydrogens is 258 g/mol. The van der Waals surface area contributed by atoms with Crippen LogP contribution in [0.15, 0.2) is 47.2 Å². The lowest BCUT2D eigenvalue weighted by molar-refractivity contribution is 0.0691. The van der Waals surface area contributed by atoms with E-state index in [9.17, 15) is 4.79 Å². The Kier molecular flexibility index (Phi) is 3.04. The summed E-state index contributed by atoms with van der Waals surface area (Å²) >= 11 is 0. The van der Waals surface area contributed by atoms with Gasteiger partial charge >= 0.3 is 5.97 Å². The second-order valence-electron chi connectivity index (χ2n) is 4.22. The second kappa shape index (κ2) is 5.00. The molecule has 0 saturated heterocycles. The third-order valence-electron chi connectivity index (χ3n) is 2.89. The minimum Gasteiger partial charge on any atom is -0.477 e. The minimum atomic E-state index is -1.06. The molecule has 0 spiro atoms. The maximum atomic E-state index is 11.1. The fourth-order valence-corrected chi connectivity index (χ4v) is 1.95. The summed E-state index contributed by atoms with van der Waals surface area (Å²) in [7, 11) is 0. The van der Waals surface area contributed by atoms with Crippen molar-refractivity contribution < 1.29 is 14.4 Å². The Labute approximate surface area is 114 Å². The standard InChI is InChI=1S/C14H11N3O3/c18-14(19)13-7-12(15-8-9-5-6-20-17-9)10-3-1-2-4-11(10)16-13/h1-7H,8H2,(H,15,16)(H,18,19). The summed E-state index contributed by atoms with van der Waals surface area (Å²) in [4.78, 5) is 15.2. The van der Waals surface area contributed by atoms with Gasteiger partial charge < -0.3 is 14.9 Å². The molecule has 0 unspecified atom stereocenters. The van der Waals surface area contributed by atoms with Crippen molar-refractivity contribution >= 4 is 22.6 Å². The van der Waals surface area contributed by atoms with Crippen molar-refractivity contribution in [1.82, 2.24) is 10.1 Å². The number of hydrogen-bond acceptors (Lipinski definition) is 5. The van der Waals surface area contributed by atoms with Crippen LogP contribution < -0.4 is 5.32 Å². The van der Waals surface area contributed by atoms with E-state index in [4.69, 9.17) is 9.63 Å². The summed E-state index contributed by atoms with van der Waals surface area (Å²) in [5.74, 6) is -1.06. The van der Waals surface area contributed by atoms with Crippen molar-refractivity contribution in [3.8, 4) is 0 Å². The number of aromatic nitrogens is 2. The van der Waals surface area contributed by atoms with Gasteiger partial charge in [-0.3, -0.25) is 0 Å². The molecule has 2 heterocycles. The van der Waals surface area contributed by atoms with E-state index in [-0.39, 0.29) is 5.69 Å². The molecule has 0 aliphatic heterocycles. The number of anilines is 1. The molecule has 0 aliphatic rings. The number of para-hydroxylation sites is 1. The number of nitrogens with one attached hydrogen (secondary N) is 1. The van der Waals surface area contributed by atoms with Gasteiger partial charge in [0.05, 0.1) is 12.1 Å². The van der Waals surface area contributed by atoms with E-state index in [1.165, 1.54) is 12.3 Å². The number of aromatic carboxylic acids is 1. The van der Waals surface area contributed by atoms with Gasteiger partial charge in [0.25, 0.3) is 0 Å². The van der Waals surface area contributed by atoms with Gasteiger partial charge in [-0.05, 0) is 12.1 Å². The average molecular weight is 269 g/mol. The highest BCUT2D eigenvalue weighted by molar-refractivity contribution is 5.97. The number of carboxylic acid groups (broad SMARTS) is 1. The first-order chi connectivity index (χ1) is 9.74. The van der Waals surface area contributed by atoms with Crippen LogP contribution in [0.2, 0.25) is 0 Å². The number of carboxylic acids is 1. The lowest BCUT2D eigenvalue weighted by Crippen LogP contribution is -2.05. The van der Waals surface area contributed by atoms with E-state index in [1.807, 2.05) is 18.2 Å². The largest absolute Gasteiger partial charge is 0.477 e. The van der Waals surface area contributed by atoms with Gasteiger partial charge in [0, 0.05) is 17.1 Å². The van der Waals surface area contributed by atoms with Crippen molar-refractivity contribution in [2.45, 2.75) is 6.54 Å². The highest BCUT2D eigenvalue weighted by Gasteiger charge is 2.10. The van der Waals surface area contributed by atoms with Gasteiger partial charge in [0.1, 0.15) is 12.0 Å². The Bertz CT molecular complexity index is 753. The summed E-state index contributed by atoms with van der Waals surface area (Å²) in [5, 5.41) is 16.9. The molecule has 0 amide bonds. The average Bonchev–Trinajstić information content (AvgIpc) is 2.97. The highest BCUT2D eigenvalue weighted by atomic mass is 16.5. The molecule has 2 N–H and O–H groups in total. The van der Waals surface area contributed by atoms with Crippen LogP contribution in [0.5, 0.6) is 0 Å². The second-order valence-corrected chi connectivity index (χ2v) is 4.22. The molecule has 6 heteroatoms. The molecular formula is C14H11N3O3. The lowest BCUT2D eigenvalue weighted by atomic mass is 10.1. The SMILES string of the molecule is O=C(O)c1cc(NCc2ccon2)c2ccccc2n1. The first-order valence-electron chi connectivity index (χ1n) is 6.00. The van der Waals surface area contributed by atoms with Crippen molar-refractivity contribution in [3.05, 3.63) is 54.0 Å². The predicted molar refractivity (Wildman–Crippen MR) is 72.5 cm³/mol. The number of benzene rings is 1. The van der Waals surface area contributed by atoms with E-state index in [1.54, 1.807) is 12.1 Å². The number of hydrogen-bond donors (Lipinski definition) is 2.